The van der Waals surface area contributed by atoms with Gasteiger partial charge in [-0.1, -0.05) is 23.2 Å². The average Bonchev–Trinajstić information content (AvgIpc) is 3.10. The van der Waals surface area contributed by atoms with Crippen molar-refractivity contribution in [2.75, 3.05) is 25.0 Å². The van der Waals surface area contributed by atoms with Gasteiger partial charge in [0.15, 0.2) is 5.15 Å². The third-order valence-corrected chi connectivity index (χ3v) is 7.50. The number of aliphatic hydroxyl groups is 1. The number of nitrogens with zero attached hydrogens (tertiary/aromatic N) is 5. The van der Waals surface area contributed by atoms with E-state index in [1.807, 2.05) is 13.0 Å². The van der Waals surface area contributed by atoms with Crippen molar-refractivity contribution >= 4 is 45.7 Å². The molecule has 2 aromatic heterocycles. The second-order valence-electron chi connectivity index (χ2n) is 10.1. The van der Waals surface area contributed by atoms with Gasteiger partial charge in [-0.2, -0.15) is 5.10 Å². The van der Waals surface area contributed by atoms with Crippen molar-refractivity contribution in [3.63, 3.8) is 0 Å². The molecule has 0 bridgehead atoms. The van der Waals surface area contributed by atoms with Crippen LogP contribution in [0.3, 0.4) is 0 Å². The highest BCUT2D eigenvalue weighted by molar-refractivity contribution is 6.32. The lowest BCUT2D eigenvalue weighted by molar-refractivity contribution is -0.134. The first-order chi connectivity index (χ1) is 16.6. The van der Waals surface area contributed by atoms with Crippen LogP contribution in [0.2, 0.25) is 10.2 Å². The van der Waals surface area contributed by atoms with Gasteiger partial charge in [-0.25, -0.2) is 19.0 Å². The van der Waals surface area contributed by atoms with Gasteiger partial charge in [0.1, 0.15) is 6.17 Å². The highest BCUT2D eigenvalue weighted by atomic mass is 35.5. The van der Waals surface area contributed by atoms with Gasteiger partial charge in [0, 0.05) is 29.1 Å². The van der Waals surface area contributed by atoms with Crippen LogP contribution in [0.15, 0.2) is 24.5 Å². The number of nitrogens with one attached hydrogen (secondary N) is 1. The Morgan fingerprint density at radius 1 is 1.29 bits per heavy atom. The Bertz CT molecular complexity index is 1230. The predicted molar refractivity (Wildman–Crippen MR) is 134 cm³/mol. The number of anilines is 2. The van der Waals surface area contributed by atoms with E-state index in [0.29, 0.717) is 52.9 Å². The highest BCUT2D eigenvalue weighted by Gasteiger charge is 2.40. The van der Waals surface area contributed by atoms with Gasteiger partial charge >= 0.3 is 0 Å². The number of hydrogen-bond acceptors (Lipinski definition) is 7. The Hall–Kier alpha value is -2.04. The first kappa shape index (κ1) is 24.6. The highest BCUT2D eigenvalue weighted by Crippen LogP contribution is 2.38. The van der Waals surface area contributed by atoms with Gasteiger partial charge in [0.2, 0.25) is 5.95 Å². The molecule has 4 heterocycles. The van der Waals surface area contributed by atoms with E-state index in [-0.39, 0.29) is 18.6 Å². The minimum Gasteiger partial charge on any atom is -0.389 e. The number of rotatable bonds is 6. The lowest BCUT2D eigenvalue weighted by Gasteiger charge is -2.46. The van der Waals surface area contributed by atoms with E-state index in [1.54, 1.807) is 32.3 Å². The summed E-state index contributed by atoms with van der Waals surface area (Å²) in [6.07, 6.45) is 3.04. The molecule has 1 aromatic carbocycles. The second kappa shape index (κ2) is 9.44. The van der Waals surface area contributed by atoms with Crippen molar-refractivity contribution in [1.29, 1.82) is 0 Å². The Labute approximate surface area is 213 Å². The number of ether oxygens (including phenoxy) is 1. The molecule has 8 nitrogen and oxygen atoms in total. The third kappa shape index (κ3) is 5.11. The minimum atomic E-state index is -1.02. The maximum absolute atomic E-state index is 15.3. The maximum atomic E-state index is 15.3. The van der Waals surface area contributed by atoms with E-state index in [9.17, 15) is 5.11 Å². The zero-order valence-corrected chi connectivity index (χ0v) is 21.4. The van der Waals surface area contributed by atoms with Crippen molar-refractivity contribution in [3.8, 4) is 0 Å². The van der Waals surface area contributed by atoms with E-state index in [4.69, 9.17) is 27.9 Å². The average molecular weight is 523 g/mol. The van der Waals surface area contributed by atoms with Crippen LogP contribution < -0.4 is 5.32 Å². The quantitative estimate of drug-likeness (QED) is 0.490. The number of halogens is 3. The fourth-order valence-corrected chi connectivity index (χ4v) is 5.33. The molecule has 2 N–H and O–H groups in total. The van der Waals surface area contributed by atoms with Crippen molar-refractivity contribution < 1.29 is 14.2 Å². The van der Waals surface area contributed by atoms with Crippen molar-refractivity contribution in [1.82, 2.24) is 24.6 Å². The normalized spacial score (nSPS) is 25.6. The molecule has 188 valence electrons. The lowest BCUT2D eigenvalue weighted by Crippen LogP contribution is -2.58. The Morgan fingerprint density at radius 3 is 2.74 bits per heavy atom. The van der Waals surface area contributed by atoms with E-state index >= 15 is 4.39 Å². The van der Waals surface area contributed by atoms with Gasteiger partial charge < -0.3 is 15.2 Å². The molecule has 0 radical (unpaired) electrons. The molecule has 11 heteroatoms. The van der Waals surface area contributed by atoms with Crippen LogP contribution >= 0.6 is 23.2 Å². The molecule has 3 aromatic rings. The van der Waals surface area contributed by atoms with E-state index in [1.165, 1.54) is 4.68 Å². The van der Waals surface area contributed by atoms with Crippen LogP contribution in [-0.4, -0.2) is 73.4 Å². The number of fused-ring (bicyclic) bond motifs is 1. The fourth-order valence-electron chi connectivity index (χ4n) is 4.82. The second-order valence-corrected chi connectivity index (χ2v) is 10.8. The molecule has 2 saturated heterocycles. The zero-order valence-electron chi connectivity index (χ0n) is 19.9. The monoisotopic (exact) mass is 522 g/mol. The number of hydrogen-bond donors (Lipinski definition) is 2. The van der Waals surface area contributed by atoms with Crippen molar-refractivity contribution in [3.05, 3.63) is 40.3 Å². The smallest absolute Gasteiger partial charge is 0.227 e. The molecule has 2 fully saturated rings. The largest absolute Gasteiger partial charge is 0.389 e. The van der Waals surface area contributed by atoms with Crippen molar-refractivity contribution in [2.45, 2.75) is 63.6 Å². The number of piperidine rings is 1. The predicted octanol–water partition coefficient (Wildman–Crippen LogP) is 4.56. The van der Waals surface area contributed by atoms with Gasteiger partial charge in [-0.15, -0.1) is 0 Å². The molecule has 0 spiro atoms. The van der Waals surface area contributed by atoms with Gasteiger partial charge in [0.05, 0.1) is 48.3 Å². The van der Waals surface area contributed by atoms with Crippen LogP contribution in [0.1, 0.15) is 38.7 Å². The summed E-state index contributed by atoms with van der Waals surface area (Å²) < 4.78 is 22.3. The number of likely N-dealkylation sites (tertiary alicyclic amines) is 1. The summed E-state index contributed by atoms with van der Waals surface area (Å²) in [4.78, 5) is 11.2. The van der Waals surface area contributed by atoms with Crippen LogP contribution in [0.4, 0.5) is 16.0 Å². The molecular weight excluding hydrogens is 494 g/mol. The Morgan fingerprint density at radius 2 is 2.09 bits per heavy atom. The summed E-state index contributed by atoms with van der Waals surface area (Å²) in [6.45, 7) is 7.49. The lowest BCUT2D eigenvalue weighted by atomic mass is 9.86. The molecule has 4 unspecified atom stereocenters. The van der Waals surface area contributed by atoms with Crippen LogP contribution in [0, 0.1) is 0 Å². The van der Waals surface area contributed by atoms with Crippen LogP contribution in [0.5, 0.6) is 0 Å². The topological polar surface area (TPSA) is 88.3 Å². The molecule has 4 atom stereocenters. The van der Waals surface area contributed by atoms with Crippen LogP contribution in [-0.2, 0) is 11.3 Å². The summed E-state index contributed by atoms with van der Waals surface area (Å²) >= 11 is 13.0. The van der Waals surface area contributed by atoms with E-state index in [0.717, 1.165) is 17.5 Å². The van der Waals surface area contributed by atoms with E-state index < -0.39 is 11.8 Å². The third-order valence-electron chi connectivity index (χ3n) is 6.77. The van der Waals surface area contributed by atoms with Crippen molar-refractivity contribution in [2.24, 2.45) is 0 Å². The summed E-state index contributed by atoms with van der Waals surface area (Å²) in [7, 11) is 0. The summed E-state index contributed by atoms with van der Waals surface area (Å²) in [6, 6.07) is 3.96. The molecule has 0 amide bonds. The summed E-state index contributed by atoms with van der Waals surface area (Å²) in [5, 5.41) is 19.0. The molecule has 5 rings (SSSR count). The van der Waals surface area contributed by atoms with Gasteiger partial charge in [0.25, 0.3) is 0 Å². The first-order valence-electron chi connectivity index (χ1n) is 11.8. The molecule has 35 heavy (non-hydrogen) atoms. The number of aromatic nitrogens is 4. The minimum absolute atomic E-state index is 0.154. The molecule has 0 saturated carbocycles. The first-order valence-corrected chi connectivity index (χ1v) is 12.5. The molecular formula is C24H29Cl2FN6O2. The molecule has 2 aliphatic rings. The Balaban J connectivity index is 1.36. The van der Waals surface area contributed by atoms with Crippen LogP contribution in [0.25, 0.3) is 10.9 Å². The number of benzene rings is 1. The number of alkyl halides is 1. The summed E-state index contributed by atoms with van der Waals surface area (Å²) in [5.41, 5.74) is 0.994. The fraction of sp³-hybridized carbons (Fsp3) is 0.542. The molecule has 2 aliphatic heterocycles. The molecule has 0 aliphatic carbocycles. The SMILES string of the molecule is CC1OCC1N1CCC(c2cc3nc(Nc4cnn(CC(C)(C)O)c4Cl)ncc3cc2Cl)C(F)C1. The van der Waals surface area contributed by atoms with Gasteiger partial charge in [-0.3, -0.25) is 4.90 Å². The Kier molecular flexibility index (Phi) is 6.65. The van der Waals surface area contributed by atoms with Gasteiger partial charge in [-0.05, 0) is 51.4 Å². The maximum Gasteiger partial charge on any atom is 0.227 e. The zero-order chi connectivity index (χ0) is 24.9. The standard InChI is InChI=1S/C24H29Cl2FN6O2/c1-13-21(11-35-13)32-5-4-15(18(27)10-32)16-7-19-14(6-17(16)25)8-28-23(30-19)31-20-9-29-33(22(20)26)12-24(2,3)34/h6-9,13,15,18,21,34H,4-5,10-12H2,1-3H3,(H,28,30,31). The van der Waals surface area contributed by atoms with E-state index in [2.05, 4.69) is 25.3 Å². The summed E-state index contributed by atoms with van der Waals surface area (Å²) in [5.74, 6) is 0.0430.